The minimum Gasteiger partial charge on any atom is -0.301 e. The summed E-state index contributed by atoms with van der Waals surface area (Å²) in [4.78, 5) is 5.70. The highest BCUT2D eigenvalue weighted by molar-refractivity contribution is 5.04. The van der Waals surface area contributed by atoms with Gasteiger partial charge in [-0.15, -0.1) is 0 Å². The van der Waals surface area contributed by atoms with Gasteiger partial charge in [-0.25, -0.2) is 0 Å². The van der Waals surface area contributed by atoms with Crippen LogP contribution in [0, 0.1) is 29.1 Å². The van der Waals surface area contributed by atoms with Gasteiger partial charge in [0.15, 0.2) is 0 Å². The zero-order valence-electron chi connectivity index (χ0n) is 12.2. The van der Waals surface area contributed by atoms with Gasteiger partial charge in [-0.1, -0.05) is 13.8 Å². The van der Waals surface area contributed by atoms with E-state index in [1.807, 2.05) is 0 Å². The van der Waals surface area contributed by atoms with Crippen molar-refractivity contribution >= 4 is 0 Å². The Bertz CT molecular complexity index is 264. The number of nitrogens with one attached hydrogen (secondary N) is 1. The topological polar surface area (TPSA) is 21.3 Å². The van der Waals surface area contributed by atoms with E-state index in [4.69, 9.17) is 4.84 Å². The average Bonchev–Trinajstić information content (AvgIpc) is 2.26. The molecule has 4 saturated carbocycles. The SMILES string of the molecule is CC(C)CONC(C)C12CC3CC(CC(C3)C1)C2. The predicted molar refractivity (Wildman–Crippen MR) is 74.0 cm³/mol. The van der Waals surface area contributed by atoms with Gasteiger partial charge in [0.05, 0.1) is 6.61 Å². The maximum atomic E-state index is 5.70. The Morgan fingerprint density at radius 3 is 1.94 bits per heavy atom. The third kappa shape index (κ3) is 2.34. The Morgan fingerprint density at radius 1 is 1.00 bits per heavy atom. The molecule has 0 aromatic heterocycles. The number of hydroxylamine groups is 1. The van der Waals surface area contributed by atoms with Crippen LogP contribution in [0.1, 0.15) is 59.3 Å². The summed E-state index contributed by atoms with van der Waals surface area (Å²) in [5.74, 6) is 3.71. The summed E-state index contributed by atoms with van der Waals surface area (Å²) in [7, 11) is 0. The molecule has 4 fully saturated rings. The molecule has 0 aliphatic heterocycles. The average molecular weight is 251 g/mol. The van der Waals surface area contributed by atoms with E-state index in [1.54, 1.807) is 0 Å². The standard InChI is InChI=1S/C16H29NO/c1-11(2)10-18-17-12(3)16-7-13-4-14(8-16)6-15(5-13)9-16/h11-15,17H,4-10H2,1-3H3. The van der Waals surface area contributed by atoms with Crippen molar-refractivity contribution in [2.45, 2.75) is 65.3 Å². The molecule has 2 nitrogen and oxygen atoms in total. The van der Waals surface area contributed by atoms with Gasteiger partial charge in [-0.3, -0.25) is 0 Å². The van der Waals surface area contributed by atoms with Crippen molar-refractivity contribution in [2.24, 2.45) is 29.1 Å². The third-order valence-electron chi connectivity index (χ3n) is 5.68. The highest BCUT2D eigenvalue weighted by Gasteiger charge is 2.53. The van der Waals surface area contributed by atoms with Crippen LogP contribution >= 0.6 is 0 Å². The van der Waals surface area contributed by atoms with Crippen LogP contribution < -0.4 is 5.48 Å². The van der Waals surface area contributed by atoms with Gasteiger partial charge < -0.3 is 4.84 Å². The molecule has 2 heteroatoms. The Kier molecular flexibility index (Phi) is 3.44. The van der Waals surface area contributed by atoms with E-state index < -0.39 is 0 Å². The fourth-order valence-corrected chi connectivity index (χ4v) is 5.17. The molecule has 104 valence electrons. The Morgan fingerprint density at radius 2 is 1.50 bits per heavy atom. The van der Waals surface area contributed by atoms with E-state index in [2.05, 4.69) is 26.3 Å². The summed E-state index contributed by atoms with van der Waals surface area (Å²) in [6.07, 6.45) is 8.95. The lowest BCUT2D eigenvalue weighted by Crippen LogP contribution is -2.54. The first kappa shape index (κ1) is 12.9. The summed E-state index contributed by atoms with van der Waals surface area (Å²) in [6.45, 7) is 7.60. The molecule has 1 atom stereocenters. The molecular formula is C16H29NO. The molecule has 4 aliphatic carbocycles. The van der Waals surface area contributed by atoms with Crippen LogP contribution in [-0.2, 0) is 4.84 Å². The highest BCUT2D eigenvalue weighted by Crippen LogP contribution is 2.61. The van der Waals surface area contributed by atoms with Crippen molar-refractivity contribution in [1.29, 1.82) is 0 Å². The largest absolute Gasteiger partial charge is 0.301 e. The van der Waals surface area contributed by atoms with Crippen molar-refractivity contribution < 1.29 is 4.84 Å². The first-order valence-corrected chi connectivity index (χ1v) is 7.95. The second-order valence-electron chi connectivity index (χ2n) is 7.82. The van der Waals surface area contributed by atoms with Gasteiger partial charge in [0, 0.05) is 6.04 Å². The highest BCUT2D eigenvalue weighted by atomic mass is 16.6. The van der Waals surface area contributed by atoms with Gasteiger partial charge in [0.25, 0.3) is 0 Å². The summed E-state index contributed by atoms with van der Waals surface area (Å²) in [5, 5.41) is 0. The Labute approximate surface area is 112 Å². The minimum atomic E-state index is 0.532. The molecule has 0 aromatic rings. The Hall–Kier alpha value is -0.0800. The van der Waals surface area contributed by atoms with Crippen molar-refractivity contribution in [3.63, 3.8) is 0 Å². The van der Waals surface area contributed by atoms with Crippen LogP contribution in [0.5, 0.6) is 0 Å². The molecule has 1 unspecified atom stereocenters. The fraction of sp³-hybridized carbons (Fsp3) is 1.00. The molecule has 0 aromatic carbocycles. The minimum absolute atomic E-state index is 0.532. The smallest absolute Gasteiger partial charge is 0.0705 e. The molecule has 4 rings (SSSR count). The number of hydrogen-bond acceptors (Lipinski definition) is 2. The number of hydrogen-bond donors (Lipinski definition) is 1. The fourth-order valence-electron chi connectivity index (χ4n) is 5.17. The van der Waals surface area contributed by atoms with Crippen molar-refractivity contribution in [3.05, 3.63) is 0 Å². The Balaban J connectivity index is 1.60. The van der Waals surface area contributed by atoms with Crippen LogP contribution in [0.15, 0.2) is 0 Å². The van der Waals surface area contributed by atoms with Crippen molar-refractivity contribution in [1.82, 2.24) is 5.48 Å². The normalized spacial score (nSPS) is 43.7. The molecule has 1 N–H and O–H groups in total. The summed E-state index contributed by atoms with van der Waals surface area (Å²) in [6, 6.07) is 0.532. The van der Waals surface area contributed by atoms with Crippen molar-refractivity contribution in [2.75, 3.05) is 6.61 Å². The van der Waals surface area contributed by atoms with E-state index >= 15 is 0 Å². The van der Waals surface area contributed by atoms with Crippen LogP contribution in [0.25, 0.3) is 0 Å². The summed E-state index contributed by atoms with van der Waals surface area (Å²) >= 11 is 0. The van der Waals surface area contributed by atoms with Gasteiger partial charge >= 0.3 is 0 Å². The van der Waals surface area contributed by atoms with Gasteiger partial charge in [0.1, 0.15) is 0 Å². The molecule has 0 radical (unpaired) electrons. The third-order valence-corrected chi connectivity index (χ3v) is 5.68. The predicted octanol–water partition coefficient (Wildman–Crippen LogP) is 3.77. The van der Waals surface area contributed by atoms with Crippen LogP contribution in [0.2, 0.25) is 0 Å². The van der Waals surface area contributed by atoms with Crippen LogP contribution in [0.3, 0.4) is 0 Å². The molecule has 0 heterocycles. The quantitative estimate of drug-likeness (QED) is 0.751. The molecule has 4 aliphatic rings. The summed E-state index contributed by atoms with van der Waals surface area (Å²) < 4.78 is 0. The second kappa shape index (κ2) is 4.79. The molecule has 0 saturated heterocycles. The maximum Gasteiger partial charge on any atom is 0.0705 e. The molecule has 18 heavy (non-hydrogen) atoms. The lowest BCUT2D eigenvalue weighted by Gasteiger charge is -2.59. The van der Waals surface area contributed by atoms with E-state index in [1.165, 1.54) is 38.5 Å². The monoisotopic (exact) mass is 251 g/mol. The first-order valence-electron chi connectivity index (χ1n) is 7.95. The van der Waals surface area contributed by atoms with E-state index in [0.29, 0.717) is 17.4 Å². The lowest BCUT2D eigenvalue weighted by atomic mass is 9.48. The van der Waals surface area contributed by atoms with E-state index in [-0.39, 0.29) is 0 Å². The maximum absolute atomic E-state index is 5.70. The first-order chi connectivity index (χ1) is 8.57. The molecule has 0 spiro atoms. The summed E-state index contributed by atoms with van der Waals surface area (Å²) in [5.41, 5.74) is 3.93. The molecule has 0 amide bonds. The second-order valence-corrected chi connectivity index (χ2v) is 7.82. The zero-order valence-corrected chi connectivity index (χ0v) is 12.2. The van der Waals surface area contributed by atoms with E-state index in [9.17, 15) is 0 Å². The van der Waals surface area contributed by atoms with Crippen LogP contribution in [-0.4, -0.2) is 12.6 Å². The van der Waals surface area contributed by atoms with E-state index in [0.717, 1.165) is 24.4 Å². The van der Waals surface area contributed by atoms with Crippen LogP contribution in [0.4, 0.5) is 0 Å². The molecular weight excluding hydrogens is 222 g/mol. The van der Waals surface area contributed by atoms with Gasteiger partial charge in [0.2, 0.25) is 0 Å². The zero-order chi connectivity index (χ0) is 12.8. The van der Waals surface area contributed by atoms with Crippen molar-refractivity contribution in [3.8, 4) is 0 Å². The van der Waals surface area contributed by atoms with Gasteiger partial charge in [-0.2, -0.15) is 5.48 Å². The lowest BCUT2D eigenvalue weighted by molar-refractivity contribution is -0.109. The molecule has 4 bridgehead atoms. The number of rotatable bonds is 5. The van der Waals surface area contributed by atoms with Gasteiger partial charge in [-0.05, 0) is 74.5 Å².